The van der Waals surface area contributed by atoms with Crippen molar-refractivity contribution in [1.82, 2.24) is 30.8 Å². The summed E-state index contributed by atoms with van der Waals surface area (Å²) in [4.78, 5) is 12.0. The number of tetrazole rings is 1. The quantitative estimate of drug-likeness (QED) is 0.874. The first-order valence-corrected chi connectivity index (χ1v) is 8.41. The van der Waals surface area contributed by atoms with Crippen LogP contribution in [0.15, 0.2) is 18.2 Å². The van der Waals surface area contributed by atoms with E-state index in [1.807, 2.05) is 18.2 Å². The Morgan fingerprint density at radius 2 is 2.00 bits per heavy atom. The lowest BCUT2D eigenvalue weighted by molar-refractivity contribution is 0.174. The van der Waals surface area contributed by atoms with Gasteiger partial charge in [-0.15, -0.1) is 5.10 Å². The highest BCUT2D eigenvalue weighted by molar-refractivity contribution is 5.74. The average Bonchev–Trinajstić information content (AvgIpc) is 3.31. The largest absolute Gasteiger partial charge is 0.454 e. The van der Waals surface area contributed by atoms with Crippen LogP contribution in [0.1, 0.15) is 37.9 Å². The van der Waals surface area contributed by atoms with Crippen LogP contribution in [0.25, 0.3) is 5.69 Å². The molecule has 9 nitrogen and oxygen atoms in total. The number of amides is 2. The van der Waals surface area contributed by atoms with Gasteiger partial charge < -0.3 is 20.1 Å². The number of ether oxygens (including phenoxy) is 2. The Morgan fingerprint density at radius 1 is 1.20 bits per heavy atom. The number of carbonyl (C=O) groups excluding carboxylic acids is 1. The third-order valence-corrected chi connectivity index (χ3v) is 4.79. The van der Waals surface area contributed by atoms with Crippen molar-refractivity contribution in [2.24, 2.45) is 0 Å². The van der Waals surface area contributed by atoms with Crippen molar-refractivity contribution < 1.29 is 14.3 Å². The van der Waals surface area contributed by atoms with E-state index in [0.717, 1.165) is 37.8 Å². The molecule has 1 aromatic carbocycles. The Balaban J connectivity index is 1.75. The molecule has 0 radical (unpaired) electrons. The molecule has 0 bridgehead atoms. The standard InChI is InChI=1S/C16H20N6O3/c1-17-15(23)18-16(7-3-2-4-8-16)14-19-20-21-22(14)11-5-6-12-13(9-11)25-10-24-12/h5-6,9H,2-4,7-8,10H2,1H3,(H2,17,18,23). The van der Waals surface area contributed by atoms with Crippen LogP contribution in [0.2, 0.25) is 0 Å². The van der Waals surface area contributed by atoms with Crippen LogP contribution in [-0.4, -0.2) is 40.1 Å². The highest BCUT2D eigenvalue weighted by Gasteiger charge is 2.40. The van der Waals surface area contributed by atoms with E-state index in [0.29, 0.717) is 17.3 Å². The first kappa shape index (κ1) is 15.7. The lowest BCUT2D eigenvalue weighted by Gasteiger charge is -2.36. The molecule has 1 aromatic heterocycles. The number of rotatable bonds is 3. The maximum absolute atomic E-state index is 12.0. The summed E-state index contributed by atoms with van der Waals surface area (Å²) in [6.45, 7) is 0.212. The SMILES string of the molecule is CNC(=O)NC1(c2nnnn2-c2ccc3c(c2)OCO3)CCCCC1. The molecule has 2 amide bonds. The molecule has 0 atom stereocenters. The van der Waals surface area contributed by atoms with E-state index < -0.39 is 5.54 Å². The second-order valence-corrected chi connectivity index (χ2v) is 6.30. The zero-order valence-corrected chi connectivity index (χ0v) is 14.0. The summed E-state index contributed by atoms with van der Waals surface area (Å²) in [6.07, 6.45) is 4.76. The van der Waals surface area contributed by atoms with E-state index in [1.165, 1.54) is 0 Å². The van der Waals surface area contributed by atoms with Crippen LogP contribution in [0.3, 0.4) is 0 Å². The van der Waals surface area contributed by atoms with Gasteiger partial charge in [0.1, 0.15) is 5.54 Å². The van der Waals surface area contributed by atoms with Gasteiger partial charge in [0.2, 0.25) is 6.79 Å². The first-order chi connectivity index (χ1) is 12.2. The van der Waals surface area contributed by atoms with E-state index in [-0.39, 0.29) is 12.8 Å². The molecule has 0 unspecified atom stereocenters. The number of benzene rings is 1. The number of aromatic nitrogens is 4. The van der Waals surface area contributed by atoms with Gasteiger partial charge in [-0.25, -0.2) is 4.79 Å². The second kappa shape index (κ2) is 6.23. The Kier molecular flexibility index (Phi) is 3.90. The molecule has 4 rings (SSSR count). The van der Waals surface area contributed by atoms with Crippen molar-refractivity contribution in [3.63, 3.8) is 0 Å². The molecule has 0 saturated heterocycles. The topological polar surface area (TPSA) is 103 Å². The zero-order valence-electron chi connectivity index (χ0n) is 14.0. The van der Waals surface area contributed by atoms with Crippen LogP contribution in [0.4, 0.5) is 4.79 Å². The van der Waals surface area contributed by atoms with E-state index in [2.05, 4.69) is 26.2 Å². The van der Waals surface area contributed by atoms with Gasteiger partial charge in [0, 0.05) is 13.1 Å². The van der Waals surface area contributed by atoms with Gasteiger partial charge in [-0.2, -0.15) is 4.68 Å². The Hall–Kier alpha value is -2.84. The molecular weight excluding hydrogens is 324 g/mol. The van der Waals surface area contributed by atoms with E-state index >= 15 is 0 Å². The lowest BCUT2D eigenvalue weighted by atomic mass is 9.81. The third-order valence-electron chi connectivity index (χ3n) is 4.79. The Morgan fingerprint density at radius 3 is 2.80 bits per heavy atom. The molecule has 1 saturated carbocycles. The molecule has 2 aliphatic rings. The van der Waals surface area contributed by atoms with Gasteiger partial charge in [0.15, 0.2) is 17.3 Å². The van der Waals surface area contributed by atoms with E-state index in [1.54, 1.807) is 11.7 Å². The Labute approximate surface area is 144 Å². The number of fused-ring (bicyclic) bond motifs is 1. The molecule has 1 aliphatic heterocycles. The predicted octanol–water partition coefficient (Wildman–Crippen LogP) is 1.48. The molecule has 2 N–H and O–H groups in total. The second-order valence-electron chi connectivity index (χ2n) is 6.30. The molecule has 1 fully saturated rings. The highest BCUT2D eigenvalue weighted by atomic mass is 16.7. The van der Waals surface area contributed by atoms with E-state index in [9.17, 15) is 4.79 Å². The smallest absolute Gasteiger partial charge is 0.315 e. The maximum atomic E-state index is 12.0. The molecule has 2 aromatic rings. The van der Waals surface area contributed by atoms with Crippen molar-refractivity contribution in [3.8, 4) is 17.2 Å². The summed E-state index contributed by atoms with van der Waals surface area (Å²) >= 11 is 0. The predicted molar refractivity (Wildman–Crippen MR) is 87.6 cm³/mol. The van der Waals surface area contributed by atoms with Gasteiger partial charge in [-0.3, -0.25) is 0 Å². The van der Waals surface area contributed by atoms with Crippen LogP contribution in [-0.2, 0) is 5.54 Å². The summed E-state index contributed by atoms with van der Waals surface area (Å²) in [5.41, 5.74) is 0.186. The molecule has 9 heteroatoms. The summed E-state index contributed by atoms with van der Waals surface area (Å²) in [5, 5.41) is 18.0. The minimum atomic E-state index is -0.585. The fourth-order valence-electron chi connectivity index (χ4n) is 3.52. The number of nitrogens with one attached hydrogen (secondary N) is 2. The van der Waals surface area contributed by atoms with Gasteiger partial charge in [-0.1, -0.05) is 19.3 Å². The van der Waals surface area contributed by atoms with Crippen molar-refractivity contribution >= 4 is 6.03 Å². The Bertz CT molecular complexity index is 784. The number of urea groups is 1. The monoisotopic (exact) mass is 344 g/mol. The number of carbonyl (C=O) groups is 1. The molecule has 1 aliphatic carbocycles. The maximum Gasteiger partial charge on any atom is 0.315 e. The van der Waals surface area contributed by atoms with Crippen molar-refractivity contribution in [1.29, 1.82) is 0 Å². The molecule has 132 valence electrons. The summed E-state index contributed by atoms with van der Waals surface area (Å²) < 4.78 is 12.5. The third kappa shape index (κ3) is 2.75. The first-order valence-electron chi connectivity index (χ1n) is 8.41. The van der Waals surface area contributed by atoms with Crippen molar-refractivity contribution in [2.45, 2.75) is 37.6 Å². The summed E-state index contributed by atoms with van der Waals surface area (Å²) in [7, 11) is 1.60. The highest BCUT2D eigenvalue weighted by Crippen LogP contribution is 2.38. The van der Waals surface area contributed by atoms with Gasteiger partial charge >= 0.3 is 6.03 Å². The molecule has 2 heterocycles. The van der Waals surface area contributed by atoms with Crippen molar-refractivity contribution in [2.75, 3.05) is 13.8 Å². The van der Waals surface area contributed by atoms with Gasteiger partial charge in [-0.05, 0) is 35.4 Å². The normalized spacial score (nSPS) is 18.0. The van der Waals surface area contributed by atoms with Crippen LogP contribution < -0.4 is 20.1 Å². The van der Waals surface area contributed by atoms with Gasteiger partial charge in [0.05, 0.1) is 5.69 Å². The minimum absolute atomic E-state index is 0.212. The summed E-state index contributed by atoms with van der Waals surface area (Å²) in [6, 6.07) is 5.33. The average molecular weight is 344 g/mol. The number of nitrogens with zero attached hydrogens (tertiary/aromatic N) is 4. The van der Waals surface area contributed by atoms with Crippen LogP contribution in [0.5, 0.6) is 11.5 Å². The van der Waals surface area contributed by atoms with Crippen LogP contribution in [0, 0.1) is 0 Å². The van der Waals surface area contributed by atoms with Crippen LogP contribution >= 0.6 is 0 Å². The minimum Gasteiger partial charge on any atom is -0.454 e. The summed E-state index contributed by atoms with van der Waals surface area (Å²) in [5.74, 6) is 2.00. The molecular formula is C16H20N6O3. The van der Waals surface area contributed by atoms with E-state index in [4.69, 9.17) is 9.47 Å². The molecule has 0 spiro atoms. The van der Waals surface area contributed by atoms with Crippen molar-refractivity contribution in [3.05, 3.63) is 24.0 Å². The lowest BCUT2D eigenvalue weighted by Crippen LogP contribution is -2.51. The fraction of sp³-hybridized carbons (Fsp3) is 0.500. The van der Waals surface area contributed by atoms with Gasteiger partial charge in [0.25, 0.3) is 0 Å². The zero-order chi connectivity index (χ0) is 17.3. The fourth-order valence-corrected chi connectivity index (χ4v) is 3.52. The number of hydrogen-bond acceptors (Lipinski definition) is 6. The molecule has 25 heavy (non-hydrogen) atoms. The number of hydrogen-bond donors (Lipinski definition) is 2.